The van der Waals surface area contributed by atoms with Crippen LogP contribution in [0.4, 0.5) is 4.79 Å². The van der Waals surface area contributed by atoms with Crippen molar-refractivity contribution in [1.29, 1.82) is 0 Å². The van der Waals surface area contributed by atoms with E-state index in [9.17, 15) is 4.79 Å². The fraction of sp³-hybridized carbons (Fsp3) is 0.235. The van der Waals surface area contributed by atoms with Crippen molar-refractivity contribution >= 4 is 29.2 Å². The summed E-state index contributed by atoms with van der Waals surface area (Å²) in [5.41, 5.74) is 1.95. The highest BCUT2D eigenvalue weighted by atomic mass is 35.5. The smallest absolute Gasteiger partial charge is 0.315 e. The van der Waals surface area contributed by atoms with E-state index in [1.54, 1.807) is 18.2 Å². The van der Waals surface area contributed by atoms with E-state index < -0.39 is 0 Å². The molecule has 2 N–H and O–H groups in total. The topological polar surface area (TPSA) is 50.4 Å². The Labute approximate surface area is 145 Å². The van der Waals surface area contributed by atoms with Gasteiger partial charge in [0, 0.05) is 16.6 Å². The Morgan fingerprint density at radius 3 is 2.43 bits per heavy atom. The number of rotatable bonds is 6. The predicted octanol–water partition coefficient (Wildman–Crippen LogP) is 4.18. The number of aryl methyl sites for hydroxylation is 1. The summed E-state index contributed by atoms with van der Waals surface area (Å²) in [6.45, 7) is 3.17. The Morgan fingerprint density at radius 2 is 1.74 bits per heavy atom. The van der Waals surface area contributed by atoms with Crippen LogP contribution in [0.1, 0.15) is 11.1 Å². The molecular weight excluding hydrogens is 335 g/mol. The normalized spacial score (nSPS) is 10.2. The molecule has 2 aromatic carbocycles. The Kier molecular flexibility index (Phi) is 6.56. The van der Waals surface area contributed by atoms with Crippen molar-refractivity contribution in [3.05, 3.63) is 63.6 Å². The molecule has 0 unspecified atom stereocenters. The van der Waals surface area contributed by atoms with Crippen molar-refractivity contribution < 1.29 is 9.53 Å². The summed E-state index contributed by atoms with van der Waals surface area (Å²) in [5, 5.41) is 6.86. The summed E-state index contributed by atoms with van der Waals surface area (Å²) >= 11 is 11.7. The average molecular weight is 353 g/mol. The Balaban J connectivity index is 1.65. The van der Waals surface area contributed by atoms with Crippen molar-refractivity contribution in [3.8, 4) is 5.75 Å². The van der Waals surface area contributed by atoms with Gasteiger partial charge in [-0.15, -0.1) is 0 Å². The number of benzene rings is 2. The third kappa shape index (κ3) is 6.00. The van der Waals surface area contributed by atoms with E-state index in [-0.39, 0.29) is 6.03 Å². The van der Waals surface area contributed by atoms with Gasteiger partial charge in [0.1, 0.15) is 12.4 Å². The van der Waals surface area contributed by atoms with E-state index in [1.807, 2.05) is 31.2 Å². The molecular formula is C17H18Cl2N2O2. The Bertz CT molecular complexity index is 660. The molecule has 0 saturated carbocycles. The van der Waals surface area contributed by atoms with Crippen LogP contribution in [-0.4, -0.2) is 19.2 Å². The number of amides is 2. The van der Waals surface area contributed by atoms with Crippen LogP contribution >= 0.6 is 23.2 Å². The number of halogens is 2. The van der Waals surface area contributed by atoms with Crippen LogP contribution in [0.25, 0.3) is 0 Å². The van der Waals surface area contributed by atoms with Gasteiger partial charge in [0.05, 0.1) is 6.54 Å². The first-order valence-electron chi connectivity index (χ1n) is 7.19. The van der Waals surface area contributed by atoms with Crippen LogP contribution in [0.5, 0.6) is 5.75 Å². The van der Waals surface area contributed by atoms with Crippen LogP contribution in [-0.2, 0) is 6.54 Å². The van der Waals surface area contributed by atoms with Crippen molar-refractivity contribution in [2.24, 2.45) is 0 Å². The molecule has 4 nitrogen and oxygen atoms in total. The zero-order valence-electron chi connectivity index (χ0n) is 12.7. The first-order valence-corrected chi connectivity index (χ1v) is 7.95. The van der Waals surface area contributed by atoms with Crippen LogP contribution in [0.3, 0.4) is 0 Å². The van der Waals surface area contributed by atoms with E-state index in [0.717, 1.165) is 16.9 Å². The highest BCUT2D eigenvalue weighted by Crippen LogP contribution is 2.21. The van der Waals surface area contributed by atoms with Gasteiger partial charge >= 0.3 is 6.03 Å². The van der Waals surface area contributed by atoms with Crippen LogP contribution in [0.2, 0.25) is 10.0 Å². The number of ether oxygens (including phenoxy) is 1. The van der Waals surface area contributed by atoms with Crippen molar-refractivity contribution in [2.75, 3.05) is 13.2 Å². The average Bonchev–Trinajstić information content (AvgIpc) is 2.52. The minimum atomic E-state index is -0.239. The molecule has 0 bridgehead atoms. The molecule has 0 aliphatic heterocycles. The summed E-state index contributed by atoms with van der Waals surface area (Å²) in [4.78, 5) is 11.7. The number of hydrogen-bond acceptors (Lipinski definition) is 2. The molecule has 0 atom stereocenters. The molecule has 2 rings (SSSR count). The second-order valence-corrected chi connectivity index (χ2v) is 5.87. The molecule has 0 radical (unpaired) electrons. The maximum absolute atomic E-state index is 11.7. The first kappa shape index (κ1) is 17.4. The van der Waals surface area contributed by atoms with Gasteiger partial charge in [0.25, 0.3) is 0 Å². The van der Waals surface area contributed by atoms with Gasteiger partial charge in [-0.05, 0) is 48.4 Å². The van der Waals surface area contributed by atoms with E-state index in [1.165, 1.54) is 0 Å². The van der Waals surface area contributed by atoms with Gasteiger partial charge in [-0.2, -0.15) is 0 Å². The highest BCUT2D eigenvalue weighted by Gasteiger charge is 2.02. The van der Waals surface area contributed by atoms with Gasteiger partial charge in [-0.1, -0.05) is 35.3 Å². The number of urea groups is 1. The zero-order valence-corrected chi connectivity index (χ0v) is 14.2. The molecule has 0 aromatic heterocycles. The highest BCUT2D eigenvalue weighted by molar-refractivity contribution is 6.30. The molecule has 2 amide bonds. The summed E-state index contributed by atoms with van der Waals surface area (Å²) < 4.78 is 5.60. The molecule has 0 spiro atoms. The van der Waals surface area contributed by atoms with Crippen molar-refractivity contribution in [1.82, 2.24) is 10.6 Å². The third-order valence-corrected chi connectivity index (χ3v) is 3.64. The van der Waals surface area contributed by atoms with Crippen molar-refractivity contribution in [3.63, 3.8) is 0 Å². The fourth-order valence-electron chi connectivity index (χ4n) is 1.95. The summed E-state index contributed by atoms with van der Waals surface area (Å²) in [6, 6.07) is 12.5. The minimum Gasteiger partial charge on any atom is -0.491 e. The molecule has 0 saturated heterocycles. The second kappa shape index (κ2) is 8.65. The van der Waals surface area contributed by atoms with Crippen LogP contribution in [0, 0.1) is 6.92 Å². The monoisotopic (exact) mass is 352 g/mol. The lowest BCUT2D eigenvalue weighted by Crippen LogP contribution is -2.37. The second-order valence-electron chi connectivity index (χ2n) is 4.99. The lowest BCUT2D eigenvalue weighted by molar-refractivity contribution is 0.236. The number of hydrogen-bond donors (Lipinski definition) is 2. The predicted molar refractivity (Wildman–Crippen MR) is 93.4 cm³/mol. The van der Waals surface area contributed by atoms with Gasteiger partial charge in [0.15, 0.2) is 0 Å². The molecule has 6 heteroatoms. The lowest BCUT2D eigenvalue weighted by Gasteiger charge is -2.11. The van der Waals surface area contributed by atoms with Gasteiger partial charge in [0.2, 0.25) is 0 Å². The van der Waals surface area contributed by atoms with Gasteiger partial charge in [-0.25, -0.2) is 4.79 Å². The quantitative estimate of drug-likeness (QED) is 0.766. The molecule has 0 aliphatic carbocycles. The standard InChI is InChI=1S/C17H18Cl2N2O2/c1-12-10-15(19)6-7-16(12)23-9-8-20-17(22)21-11-13-2-4-14(18)5-3-13/h2-7,10H,8-9,11H2,1H3,(H2,20,21,22). The van der Waals surface area contributed by atoms with Crippen LogP contribution < -0.4 is 15.4 Å². The number of carbonyl (C=O) groups excluding carboxylic acids is 1. The largest absolute Gasteiger partial charge is 0.491 e. The number of nitrogens with one attached hydrogen (secondary N) is 2. The van der Waals surface area contributed by atoms with E-state index in [2.05, 4.69) is 10.6 Å². The molecule has 0 aliphatic rings. The fourth-order valence-corrected chi connectivity index (χ4v) is 2.30. The third-order valence-electron chi connectivity index (χ3n) is 3.15. The van der Waals surface area contributed by atoms with E-state index in [0.29, 0.717) is 29.7 Å². The molecule has 122 valence electrons. The first-order chi connectivity index (χ1) is 11.0. The Morgan fingerprint density at radius 1 is 1.04 bits per heavy atom. The molecule has 2 aromatic rings. The molecule has 23 heavy (non-hydrogen) atoms. The van der Waals surface area contributed by atoms with Gasteiger partial charge in [-0.3, -0.25) is 0 Å². The lowest BCUT2D eigenvalue weighted by atomic mass is 10.2. The summed E-state index contributed by atoms with van der Waals surface area (Å²) in [5.74, 6) is 0.762. The Hall–Kier alpha value is -1.91. The van der Waals surface area contributed by atoms with Crippen LogP contribution in [0.15, 0.2) is 42.5 Å². The summed E-state index contributed by atoms with van der Waals surface area (Å²) in [7, 11) is 0. The molecule has 0 heterocycles. The SMILES string of the molecule is Cc1cc(Cl)ccc1OCCNC(=O)NCc1ccc(Cl)cc1. The van der Waals surface area contributed by atoms with E-state index in [4.69, 9.17) is 27.9 Å². The van der Waals surface area contributed by atoms with Gasteiger partial charge < -0.3 is 15.4 Å². The summed E-state index contributed by atoms with van der Waals surface area (Å²) in [6.07, 6.45) is 0. The van der Waals surface area contributed by atoms with E-state index >= 15 is 0 Å². The molecule has 0 fully saturated rings. The zero-order chi connectivity index (χ0) is 16.7. The van der Waals surface area contributed by atoms with Crippen molar-refractivity contribution in [2.45, 2.75) is 13.5 Å². The maximum atomic E-state index is 11.7. The maximum Gasteiger partial charge on any atom is 0.315 e. The minimum absolute atomic E-state index is 0.239. The number of carbonyl (C=O) groups is 1.